The second-order valence-electron chi connectivity index (χ2n) is 9.23. The molecule has 0 saturated heterocycles. The lowest BCUT2D eigenvalue weighted by Gasteiger charge is -2.32. The third-order valence-corrected chi connectivity index (χ3v) is 6.53. The molecule has 0 unspecified atom stereocenters. The first kappa shape index (κ1) is 26.8. The highest BCUT2D eigenvalue weighted by Crippen LogP contribution is 2.27. The van der Waals surface area contributed by atoms with E-state index in [0.717, 1.165) is 16.7 Å². The topological polar surface area (TPSA) is 49.4 Å². The van der Waals surface area contributed by atoms with E-state index in [1.54, 1.807) is 23.1 Å². The Labute approximate surface area is 218 Å². The second-order valence-corrected chi connectivity index (χ2v) is 10.0. The van der Waals surface area contributed by atoms with Gasteiger partial charge in [-0.3, -0.25) is 9.59 Å². The van der Waals surface area contributed by atoms with Crippen LogP contribution in [-0.4, -0.2) is 29.3 Å². The van der Waals surface area contributed by atoms with E-state index < -0.39 is 6.04 Å². The van der Waals surface area contributed by atoms with E-state index in [2.05, 4.69) is 5.32 Å². The Kier molecular flexibility index (Phi) is 9.76. The fourth-order valence-corrected chi connectivity index (χ4v) is 4.33. The SMILES string of the molecule is Cc1ccc(CC(=O)N(Cc2c(Cl)cccc2Cl)[C@H](Cc2ccccc2)C(=O)NCC(C)C)cc1. The maximum Gasteiger partial charge on any atom is 0.243 e. The fraction of sp³-hybridized carbons (Fsp3) is 0.310. The Morgan fingerprint density at radius 3 is 2.09 bits per heavy atom. The predicted octanol–water partition coefficient (Wildman–Crippen LogP) is 6.26. The summed E-state index contributed by atoms with van der Waals surface area (Å²) in [6, 6.07) is 22.1. The summed E-state index contributed by atoms with van der Waals surface area (Å²) in [4.78, 5) is 28.9. The van der Waals surface area contributed by atoms with Gasteiger partial charge in [-0.25, -0.2) is 0 Å². The Morgan fingerprint density at radius 1 is 0.857 bits per heavy atom. The van der Waals surface area contributed by atoms with Crippen molar-refractivity contribution in [3.63, 3.8) is 0 Å². The molecule has 0 saturated carbocycles. The van der Waals surface area contributed by atoms with Crippen LogP contribution < -0.4 is 5.32 Å². The molecule has 4 nitrogen and oxygen atoms in total. The Balaban J connectivity index is 2.00. The number of nitrogens with zero attached hydrogens (tertiary/aromatic N) is 1. The third-order valence-electron chi connectivity index (χ3n) is 5.82. The van der Waals surface area contributed by atoms with Gasteiger partial charge in [-0.2, -0.15) is 0 Å². The summed E-state index contributed by atoms with van der Waals surface area (Å²) < 4.78 is 0. The van der Waals surface area contributed by atoms with Gasteiger partial charge in [0.15, 0.2) is 0 Å². The minimum Gasteiger partial charge on any atom is -0.354 e. The van der Waals surface area contributed by atoms with Gasteiger partial charge in [0, 0.05) is 35.1 Å². The minimum absolute atomic E-state index is 0.135. The van der Waals surface area contributed by atoms with E-state index >= 15 is 0 Å². The first-order valence-corrected chi connectivity index (χ1v) is 12.6. The number of hydrogen-bond acceptors (Lipinski definition) is 2. The molecule has 3 rings (SSSR count). The maximum atomic E-state index is 13.8. The van der Waals surface area contributed by atoms with Gasteiger partial charge >= 0.3 is 0 Å². The molecule has 1 N–H and O–H groups in total. The summed E-state index contributed by atoms with van der Waals surface area (Å²) in [5, 5.41) is 3.95. The highest BCUT2D eigenvalue weighted by atomic mass is 35.5. The summed E-state index contributed by atoms with van der Waals surface area (Å²) in [6.07, 6.45) is 0.553. The van der Waals surface area contributed by atoms with Crippen molar-refractivity contribution < 1.29 is 9.59 Å². The molecule has 0 radical (unpaired) electrons. The number of carbonyl (C=O) groups is 2. The lowest BCUT2D eigenvalue weighted by atomic mass is 10.0. The molecule has 0 aliphatic rings. The molecule has 184 valence electrons. The molecule has 0 aromatic heterocycles. The van der Waals surface area contributed by atoms with Gasteiger partial charge in [0.2, 0.25) is 11.8 Å². The van der Waals surface area contributed by atoms with E-state index in [9.17, 15) is 9.59 Å². The Morgan fingerprint density at radius 2 is 1.49 bits per heavy atom. The highest BCUT2D eigenvalue weighted by Gasteiger charge is 2.31. The van der Waals surface area contributed by atoms with Crippen molar-refractivity contribution in [1.82, 2.24) is 10.2 Å². The van der Waals surface area contributed by atoms with Crippen LogP contribution >= 0.6 is 23.2 Å². The summed E-state index contributed by atoms with van der Waals surface area (Å²) in [5.74, 6) is -0.0699. The van der Waals surface area contributed by atoms with Crippen LogP contribution in [0.25, 0.3) is 0 Å². The van der Waals surface area contributed by atoms with Crippen molar-refractivity contribution in [3.8, 4) is 0 Å². The van der Waals surface area contributed by atoms with Crippen molar-refractivity contribution in [2.75, 3.05) is 6.54 Å². The quantitative estimate of drug-likeness (QED) is 0.350. The van der Waals surface area contributed by atoms with E-state index in [4.69, 9.17) is 23.2 Å². The number of carbonyl (C=O) groups excluding carboxylic acids is 2. The van der Waals surface area contributed by atoms with Gasteiger partial charge < -0.3 is 10.2 Å². The molecule has 0 fully saturated rings. The molecule has 0 bridgehead atoms. The lowest BCUT2D eigenvalue weighted by molar-refractivity contribution is -0.140. The van der Waals surface area contributed by atoms with Crippen molar-refractivity contribution in [3.05, 3.63) is 105 Å². The maximum absolute atomic E-state index is 13.8. The van der Waals surface area contributed by atoms with E-state index in [1.807, 2.05) is 75.4 Å². The average Bonchev–Trinajstić information content (AvgIpc) is 2.83. The molecule has 3 aromatic carbocycles. The first-order valence-electron chi connectivity index (χ1n) is 11.8. The number of hydrogen-bond donors (Lipinski definition) is 1. The van der Waals surface area contributed by atoms with Crippen molar-refractivity contribution >= 4 is 35.0 Å². The normalized spacial score (nSPS) is 11.8. The molecule has 35 heavy (non-hydrogen) atoms. The summed E-state index contributed by atoms with van der Waals surface area (Å²) >= 11 is 13.0. The van der Waals surface area contributed by atoms with Gasteiger partial charge in [0.1, 0.15) is 6.04 Å². The molecule has 0 heterocycles. The lowest BCUT2D eigenvalue weighted by Crippen LogP contribution is -2.51. The van der Waals surface area contributed by atoms with Crippen LogP contribution in [0, 0.1) is 12.8 Å². The van der Waals surface area contributed by atoms with Crippen LogP contribution in [0.15, 0.2) is 72.8 Å². The molecular weight excluding hydrogens is 479 g/mol. The summed E-state index contributed by atoms with van der Waals surface area (Å²) in [5.41, 5.74) is 3.60. The predicted molar refractivity (Wildman–Crippen MR) is 144 cm³/mol. The average molecular weight is 511 g/mol. The Hall–Kier alpha value is -2.82. The van der Waals surface area contributed by atoms with Gasteiger partial charge in [0.05, 0.1) is 6.42 Å². The van der Waals surface area contributed by atoms with Crippen molar-refractivity contribution in [1.29, 1.82) is 0 Å². The highest BCUT2D eigenvalue weighted by molar-refractivity contribution is 6.36. The number of aryl methyl sites for hydroxylation is 1. The van der Waals surface area contributed by atoms with E-state index in [0.29, 0.717) is 28.6 Å². The number of benzene rings is 3. The fourth-order valence-electron chi connectivity index (χ4n) is 3.81. The molecule has 2 amide bonds. The smallest absolute Gasteiger partial charge is 0.243 e. The number of nitrogens with one attached hydrogen (secondary N) is 1. The van der Waals surface area contributed by atoms with Crippen molar-refractivity contribution in [2.24, 2.45) is 5.92 Å². The van der Waals surface area contributed by atoms with Gasteiger partial charge in [-0.05, 0) is 36.1 Å². The van der Waals surface area contributed by atoms with Crippen LogP contribution in [0.3, 0.4) is 0 Å². The monoisotopic (exact) mass is 510 g/mol. The zero-order valence-corrected chi connectivity index (χ0v) is 21.9. The van der Waals surface area contributed by atoms with E-state index in [-0.39, 0.29) is 30.7 Å². The Bertz CT molecular complexity index is 1110. The van der Waals surface area contributed by atoms with Gasteiger partial charge in [-0.15, -0.1) is 0 Å². The first-order chi connectivity index (χ1) is 16.7. The van der Waals surface area contributed by atoms with Crippen molar-refractivity contribution in [2.45, 2.75) is 46.2 Å². The van der Waals surface area contributed by atoms with Crippen LogP contribution in [0.1, 0.15) is 36.1 Å². The molecule has 0 aliphatic carbocycles. The van der Waals surface area contributed by atoms with Gasteiger partial charge in [0.25, 0.3) is 0 Å². The molecule has 3 aromatic rings. The van der Waals surface area contributed by atoms with Gasteiger partial charge in [-0.1, -0.05) is 103 Å². The largest absolute Gasteiger partial charge is 0.354 e. The minimum atomic E-state index is -0.721. The second kappa shape index (κ2) is 12.8. The molecule has 1 atom stereocenters. The standard InChI is InChI=1S/C29H32Cl2N2O2/c1-20(2)18-32-29(35)27(16-22-8-5-4-6-9-22)33(19-24-25(30)10-7-11-26(24)31)28(34)17-23-14-12-21(3)13-15-23/h4-15,20,27H,16-19H2,1-3H3,(H,32,35)/t27-/m1/s1. The van der Waals surface area contributed by atoms with Crippen LogP contribution in [0.4, 0.5) is 0 Å². The molecule has 0 aliphatic heterocycles. The summed E-state index contributed by atoms with van der Waals surface area (Å²) in [6.45, 7) is 6.74. The summed E-state index contributed by atoms with van der Waals surface area (Å²) in [7, 11) is 0. The third kappa shape index (κ3) is 7.84. The van der Waals surface area contributed by atoms with Crippen LogP contribution in [0.2, 0.25) is 10.0 Å². The zero-order chi connectivity index (χ0) is 25.4. The molecule has 6 heteroatoms. The number of amides is 2. The molecular formula is C29H32Cl2N2O2. The van der Waals surface area contributed by atoms with Crippen LogP contribution in [-0.2, 0) is 29.0 Å². The number of halogens is 2. The zero-order valence-electron chi connectivity index (χ0n) is 20.4. The number of rotatable bonds is 10. The van der Waals surface area contributed by atoms with Crippen LogP contribution in [0.5, 0.6) is 0 Å². The molecule has 0 spiro atoms. The van der Waals surface area contributed by atoms with E-state index in [1.165, 1.54) is 0 Å².